The molecule has 4 rings (SSSR count). The lowest BCUT2D eigenvalue weighted by Gasteiger charge is -2.16. The van der Waals surface area contributed by atoms with Gasteiger partial charge in [-0.2, -0.15) is 5.10 Å². The molecule has 0 saturated heterocycles. The number of nitrogens with two attached hydrogens (primary N) is 1. The second-order valence-corrected chi connectivity index (χ2v) is 6.68. The third-order valence-corrected chi connectivity index (χ3v) is 4.61. The number of nitrogens with zero attached hydrogens (tertiary/aromatic N) is 4. The highest BCUT2D eigenvalue weighted by atomic mass is 127. The van der Waals surface area contributed by atoms with Crippen molar-refractivity contribution in [3.05, 3.63) is 51.9 Å². The van der Waals surface area contributed by atoms with E-state index in [1.807, 2.05) is 12.3 Å². The highest BCUT2D eigenvalue weighted by Crippen LogP contribution is 2.41. The summed E-state index contributed by atoms with van der Waals surface area (Å²) in [5.41, 5.74) is 9.09. The van der Waals surface area contributed by atoms with Crippen LogP contribution in [-0.4, -0.2) is 26.4 Å². The monoisotopic (exact) mass is 518 g/mol. The van der Waals surface area contributed by atoms with Gasteiger partial charge in [-0.15, -0.1) is 24.0 Å². The number of nitrogens with one attached hydrogen (secondary N) is 1. The maximum Gasteiger partial charge on any atom is 0.220 e. The van der Waals surface area contributed by atoms with Crippen molar-refractivity contribution in [1.82, 2.24) is 25.1 Å². The van der Waals surface area contributed by atoms with E-state index in [0.29, 0.717) is 53.3 Å². The number of hydrogen-bond donors (Lipinski definition) is 2. The van der Waals surface area contributed by atoms with Crippen molar-refractivity contribution >= 4 is 53.1 Å². The lowest BCUT2D eigenvalue weighted by molar-refractivity contribution is 0.292. The highest BCUT2D eigenvalue weighted by Gasteiger charge is 2.24. The standard InChI is InChI=1S/C17H16Cl2N6O.HI/c18-10-6-12(19)15(14(7-10)26-5-4-25-3-1-2-22-25)16-11-8-21-9-13(11)23-17(20)24-16;/h1-3,6-7,21H,4-5,8-9H2,(H2,20,23,24);1H. The molecule has 0 fully saturated rings. The Kier molecular flexibility index (Phi) is 6.40. The molecular weight excluding hydrogens is 502 g/mol. The van der Waals surface area contributed by atoms with Crippen LogP contribution in [0.1, 0.15) is 11.3 Å². The van der Waals surface area contributed by atoms with Crippen molar-refractivity contribution in [3.63, 3.8) is 0 Å². The zero-order chi connectivity index (χ0) is 18.1. The van der Waals surface area contributed by atoms with Crippen molar-refractivity contribution < 1.29 is 4.74 Å². The van der Waals surface area contributed by atoms with Crippen LogP contribution >= 0.6 is 47.2 Å². The molecule has 2 aromatic heterocycles. The second kappa shape index (κ2) is 8.59. The van der Waals surface area contributed by atoms with Gasteiger partial charge < -0.3 is 15.8 Å². The highest BCUT2D eigenvalue weighted by molar-refractivity contribution is 14.0. The third kappa shape index (κ3) is 4.29. The molecule has 3 N–H and O–H groups in total. The van der Waals surface area contributed by atoms with E-state index < -0.39 is 0 Å². The van der Waals surface area contributed by atoms with Crippen LogP contribution in [-0.2, 0) is 19.6 Å². The van der Waals surface area contributed by atoms with Crippen LogP contribution in [0, 0.1) is 0 Å². The Hall–Kier alpha value is -1.62. The molecule has 3 aromatic rings. The van der Waals surface area contributed by atoms with Crippen LogP contribution in [0.4, 0.5) is 5.95 Å². The quantitative estimate of drug-likeness (QED) is 0.502. The van der Waals surface area contributed by atoms with Crippen molar-refractivity contribution in [3.8, 4) is 17.0 Å². The summed E-state index contributed by atoms with van der Waals surface area (Å²) in [4.78, 5) is 8.72. The van der Waals surface area contributed by atoms with Crippen LogP contribution in [0.15, 0.2) is 30.6 Å². The van der Waals surface area contributed by atoms with E-state index >= 15 is 0 Å². The minimum atomic E-state index is 0. The lowest BCUT2D eigenvalue weighted by Crippen LogP contribution is -2.10. The van der Waals surface area contributed by atoms with Crippen LogP contribution in [0.3, 0.4) is 0 Å². The summed E-state index contributed by atoms with van der Waals surface area (Å²) >= 11 is 12.7. The third-order valence-electron chi connectivity index (χ3n) is 4.10. The first-order valence-electron chi connectivity index (χ1n) is 8.07. The number of aromatic nitrogens is 4. The number of hydrogen-bond acceptors (Lipinski definition) is 6. The zero-order valence-electron chi connectivity index (χ0n) is 14.2. The van der Waals surface area contributed by atoms with Gasteiger partial charge in [-0.25, -0.2) is 9.97 Å². The molecule has 0 unspecified atom stereocenters. The summed E-state index contributed by atoms with van der Waals surface area (Å²) in [6.07, 6.45) is 3.60. The largest absolute Gasteiger partial charge is 0.491 e. The van der Waals surface area contributed by atoms with Crippen molar-refractivity contribution in [2.45, 2.75) is 19.6 Å². The van der Waals surface area contributed by atoms with Gasteiger partial charge in [0.15, 0.2) is 0 Å². The van der Waals surface area contributed by atoms with E-state index in [-0.39, 0.29) is 29.9 Å². The molecule has 0 bridgehead atoms. The van der Waals surface area contributed by atoms with Gasteiger partial charge in [-0.05, 0) is 18.2 Å². The van der Waals surface area contributed by atoms with E-state index in [1.165, 1.54) is 0 Å². The summed E-state index contributed by atoms with van der Waals surface area (Å²) in [5.74, 6) is 0.762. The molecule has 0 amide bonds. The maximum absolute atomic E-state index is 6.50. The van der Waals surface area contributed by atoms with Crippen molar-refractivity contribution in [2.75, 3.05) is 12.3 Å². The number of ether oxygens (including phenoxy) is 1. The van der Waals surface area contributed by atoms with Gasteiger partial charge in [-0.3, -0.25) is 4.68 Å². The van der Waals surface area contributed by atoms with E-state index in [1.54, 1.807) is 23.0 Å². The first-order valence-corrected chi connectivity index (χ1v) is 8.83. The fourth-order valence-electron chi connectivity index (χ4n) is 2.97. The summed E-state index contributed by atoms with van der Waals surface area (Å²) in [7, 11) is 0. The molecule has 10 heteroatoms. The van der Waals surface area contributed by atoms with E-state index in [9.17, 15) is 0 Å². The number of halogens is 3. The summed E-state index contributed by atoms with van der Waals surface area (Å²) in [6.45, 7) is 2.31. The van der Waals surface area contributed by atoms with Crippen LogP contribution < -0.4 is 15.8 Å². The van der Waals surface area contributed by atoms with Crippen LogP contribution in [0.25, 0.3) is 11.3 Å². The molecule has 1 aromatic carbocycles. The summed E-state index contributed by atoms with van der Waals surface area (Å²) < 4.78 is 7.76. The number of rotatable bonds is 5. The minimum absolute atomic E-state index is 0. The molecule has 0 saturated carbocycles. The molecule has 142 valence electrons. The van der Waals surface area contributed by atoms with Gasteiger partial charge in [0.1, 0.15) is 12.4 Å². The van der Waals surface area contributed by atoms with Crippen molar-refractivity contribution in [2.24, 2.45) is 0 Å². The van der Waals surface area contributed by atoms with Crippen LogP contribution in [0.2, 0.25) is 10.0 Å². The molecule has 0 radical (unpaired) electrons. The van der Waals surface area contributed by atoms with Crippen LogP contribution in [0.5, 0.6) is 5.75 Å². The lowest BCUT2D eigenvalue weighted by atomic mass is 10.0. The fourth-order valence-corrected chi connectivity index (χ4v) is 3.53. The Bertz CT molecular complexity index is 951. The van der Waals surface area contributed by atoms with Gasteiger partial charge >= 0.3 is 0 Å². The summed E-state index contributed by atoms with van der Waals surface area (Å²) in [6, 6.07) is 5.27. The first kappa shape index (κ1) is 20.1. The number of benzene rings is 1. The maximum atomic E-state index is 6.50. The Morgan fingerprint density at radius 1 is 1.22 bits per heavy atom. The molecular formula is C17H17Cl2IN6O. The summed E-state index contributed by atoms with van der Waals surface area (Å²) in [5, 5.41) is 8.37. The van der Waals surface area contributed by atoms with E-state index in [2.05, 4.69) is 20.4 Å². The topological polar surface area (TPSA) is 90.9 Å². The van der Waals surface area contributed by atoms with E-state index in [0.717, 1.165) is 11.3 Å². The molecule has 1 aliphatic heterocycles. The molecule has 0 atom stereocenters. The molecule has 0 spiro atoms. The van der Waals surface area contributed by atoms with Gasteiger partial charge in [0, 0.05) is 36.1 Å². The predicted octanol–water partition coefficient (Wildman–Crippen LogP) is 3.53. The second-order valence-electron chi connectivity index (χ2n) is 5.84. The SMILES string of the molecule is I.Nc1nc2c(c(-c3c(Cl)cc(Cl)cc3OCCn3cccn3)n1)CNC2. The molecule has 3 heterocycles. The molecule has 0 aliphatic carbocycles. The molecule has 7 nitrogen and oxygen atoms in total. The number of nitrogen functional groups attached to an aromatic ring is 1. The Labute approximate surface area is 183 Å². The average molecular weight is 519 g/mol. The number of anilines is 1. The normalized spacial score (nSPS) is 12.5. The zero-order valence-corrected chi connectivity index (χ0v) is 18.0. The minimum Gasteiger partial charge on any atom is -0.491 e. The predicted molar refractivity (Wildman–Crippen MR) is 116 cm³/mol. The molecule has 1 aliphatic rings. The smallest absolute Gasteiger partial charge is 0.220 e. The Balaban J connectivity index is 0.00000210. The fraction of sp³-hybridized carbons (Fsp3) is 0.235. The van der Waals surface area contributed by atoms with E-state index in [4.69, 9.17) is 33.7 Å². The number of fused-ring (bicyclic) bond motifs is 1. The molecule has 27 heavy (non-hydrogen) atoms. The Morgan fingerprint density at radius 2 is 2.07 bits per heavy atom. The van der Waals surface area contributed by atoms with Gasteiger partial charge in [0.2, 0.25) is 5.95 Å². The van der Waals surface area contributed by atoms with Crippen molar-refractivity contribution in [1.29, 1.82) is 0 Å². The van der Waals surface area contributed by atoms with Gasteiger partial charge in [0.05, 0.1) is 28.5 Å². The van der Waals surface area contributed by atoms with Gasteiger partial charge in [-0.1, -0.05) is 23.2 Å². The van der Waals surface area contributed by atoms with Gasteiger partial charge in [0.25, 0.3) is 0 Å². The average Bonchev–Trinajstić information content (AvgIpc) is 3.25. The Morgan fingerprint density at radius 3 is 2.85 bits per heavy atom. The first-order chi connectivity index (χ1) is 12.6.